The molecule has 1 aliphatic carbocycles. The number of aryl methyl sites for hydroxylation is 1. The molecule has 2 unspecified atom stereocenters. The molecule has 86 valence electrons. The first-order valence-electron chi connectivity index (χ1n) is 6.04. The van der Waals surface area contributed by atoms with E-state index in [1.165, 1.54) is 11.1 Å². The first kappa shape index (κ1) is 10.3. The highest BCUT2D eigenvalue weighted by atomic mass is 15.5. The average Bonchev–Trinajstić information content (AvgIpc) is 2.76. The van der Waals surface area contributed by atoms with Gasteiger partial charge in [-0.25, -0.2) is 0 Å². The molecular formula is C15H16N2. The van der Waals surface area contributed by atoms with E-state index >= 15 is 0 Å². The van der Waals surface area contributed by atoms with Gasteiger partial charge < -0.3 is 0 Å². The minimum absolute atomic E-state index is 0.404. The van der Waals surface area contributed by atoms with Gasteiger partial charge in [-0.3, -0.25) is 5.01 Å². The van der Waals surface area contributed by atoms with E-state index in [0.717, 1.165) is 6.54 Å². The summed E-state index contributed by atoms with van der Waals surface area (Å²) < 4.78 is 0. The van der Waals surface area contributed by atoms with Crippen LogP contribution < -0.4 is 0 Å². The maximum Gasteiger partial charge on any atom is 0.0770 e. The predicted molar refractivity (Wildman–Crippen MR) is 70.8 cm³/mol. The van der Waals surface area contributed by atoms with Gasteiger partial charge >= 0.3 is 0 Å². The van der Waals surface area contributed by atoms with E-state index in [2.05, 4.69) is 65.6 Å². The Bertz CT molecular complexity index is 482. The van der Waals surface area contributed by atoms with Crippen molar-refractivity contribution in [1.29, 1.82) is 0 Å². The third kappa shape index (κ3) is 2.03. The van der Waals surface area contributed by atoms with Gasteiger partial charge in [0.15, 0.2) is 0 Å². The Morgan fingerprint density at radius 3 is 2.71 bits per heavy atom. The third-order valence-electron chi connectivity index (χ3n) is 3.34. The molecule has 1 aliphatic heterocycles. The van der Waals surface area contributed by atoms with Crippen molar-refractivity contribution < 1.29 is 0 Å². The third-order valence-corrected chi connectivity index (χ3v) is 3.34. The highest BCUT2D eigenvalue weighted by Crippen LogP contribution is 2.24. The van der Waals surface area contributed by atoms with Gasteiger partial charge in [0.25, 0.3) is 0 Å². The molecule has 0 amide bonds. The Balaban J connectivity index is 1.74. The molecule has 0 aromatic heterocycles. The van der Waals surface area contributed by atoms with Crippen molar-refractivity contribution in [3.63, 3.8) is 0 Å². The van der Waals surface area contributed by atoms with Crippen molar-refractivity contribution >= 4 is 6.21 Å². The standard InChI is InChI=1S/C15H16N2/c1-12-6-8-13(9-7-12)11-17-15-5-3-2-4-14(15)10-16-17/h2-10,14-15H,11H2,1H3. The van der Waals surface area contributed by atoms with Crippen LogP contribution in [0.3, 0.4) is 0 Å². The summed E-state index contributed by atoms with van der Waals surface area (Å²) in [6, 6.07) is 9.08. The number of benzene rings is 1. The quantitative estimate of drug-likeness (QED) is 0.754. The number of fused-ring (bicyclic) bond motifs is 1. The maximum absolute atomic E-state index is 4.50. The molecule has 0 spiro atoms. The minimum Gasteiger partial charge on any atom is -0.285 e. The maximum atomic E-state index is 4.50. The van der Waals surface area contributed by atoms with Crippen LogP contribution in [0.4, 0.5) is 0 Å². The van der Waals surface area contributed by atoms with Gasteiger partial charge in [0.1, 0.15) is 0 Å². The number of nitrogens with zero attached hydrogens (tertiary/aromatic N) is 2. The van der Waals surface area contributed by atoms with Crippen LogP contribution in [0.25, 0.3) is 0 Å². The van der Waals surface area contributed by atoms with E-state index in [9.17, 15) is 0 Å². The second-order valence-electron chi connectivity index (χ2n) is 4.69. The van der Waals surface area contributed by atoms with Gasteiger partial charge in [0.05, 0.1) is 12.6 Å². The molecule has 1 heterocycles. The average molecular weight is 224 g/mol. The van der Waals surface area contributed by atoms with E-state index in [4.69, 9.17) is 0 Å². The normalized spacial score (nSPS) is 25.4. The molecule has 2 aliphatic rings. The number of rotatable bonds is 2. The van der Waals surface area contributed by atoms with Gasteiger partial charge in [-0.1, -0.05) is 54.1 Å². The van der Waals surface area contributed by atoms with Crippen LogP contribution in [-0.2, 0) is 6.54 Å². The fourth-order valence-corrected chi connectivity index (χ4v) is 2.31. The fourth-order valence-electron chi connectivity index (χ4n) is 2.31. The second-order valence-corrected chi connectivity index (χ2v) is 4.69. The van der Waals surface area contributed by atoms with Gasteiger partial charge in [0.2, 0.25) is 0 Å². The Hall–Kier alpha value is -1.83. The lowest BCUT2D eigenvalue weighted by molar-refractivity contribution is 0.241. The van der Waals surface area contributed by atoms with Crippen molar-refractivity contribution in [1.82, 2.24) is 5.01 Å². The molecular weight excluding hydrogens is 208 g/mol. The summed E-state index contributed by atoms with van der Waals surface area (Å²) in [5, 5.41) is 6.67. The molecule has 2 atom stereocenters. The predicted octanol–water partition coefficient (Wildman–Crippen LogP) is 2.91. The summed E-state index contributed by atoms with van der Waals surface area (Å²) in [5.41, 5.74) is 2.62. The second kappa shape index (κ2) is 4.21. The van der Waals surface area contributed by atoms with Crippen molar-refractivity contribution in [2.24, 2.45) is 11.0 Å². The van der Waals surface area contributed by atoms with E-state index in [1.54, 1.807) is 0 Å². The van der Waals surface area contributed by atoms with Gasteiger partial charge in [-0.05, 0) is 12.5 Å². The van der Waals surface area contributed by atoms with Crippen molar-refractivity contribution in [3.8, 4) is 0 Å². The molecule has 0 N–H and O–H groups in total. The molecule has 1 aromatic rings. The molecule has 0 saturated carbocycles. The molecule has 17 heavy (non-hydrogen) atoms. The molecule has 0 fully saturated rings. The van der Waals surface area contributed by atoms with E-state index in [-0.39, 0.29) is 0 Å². The summed E-state index contributed by atoms with van der Waals surface area (Å²) >= 11 is 0. The summed E-state index contributed by atoms with van der Waals surface area (Å²) in [5.74, 6) is 0.449. The Kier molecular flexibility index (Phi) is 2.56. The molecule has 2 heteroatoms. The van der Waals surface area contributed by atoms with E-state index < -0.39 is 0 Å². The monoisotopic (exact) mass is 224 g/mol. The zero-order chi connectivity index (χ0) is 11.7. The SMILES string of the molecule is Cc1ccc(CN2N=CC3C=CC=CC32)cc1. The first-order chi connectivity index (χ1) is 8.33. The van der Waals surface area contributed by atoms with E-state index in [0.29, 0.717) is 12.0 Å². The molecule has 0 bridgehead atoms. The van der Waals surface area contributed by atoms with Crippen molar-refractivity contribution in [2.45, 2.75) is 19.5 Å². The van der Waals surface area contributed by atoms with Crippen LogP contribution >= 0.6 is 0 Å². The Labute approximate surface area is 102 Å². The zero-order valence-electron chi connectivity index (χ0n) is 9.95. The summed E-state index contributed by atoms with van der Waals surface area (Å²) in [6.45, 7) is 3.00. The van der Waals surface area contributed by atoms with Gasteiger partial charge in [0, 0.05) is 12.1 Å². The molecule has 3 rings (SSSR count). The van der Waals surface area contributed by atoms with Crippen LogP contribution in [0.5, 0.6) is 0 Å². The van der Waals surface area contributed by atoms with Gasteiger partial charge in [-0.15, -0.1) is 0 Å². The smallest absolute Gasteiger partial charge is 0.0770 e. The molecule has 1 aromatic carbocycles. The lowest BCUT2D eigenvalue weighted by Gasteiger charge is -2.25. The highest BCUT2D eigenvalue weighted by Gasteiger charge is 2.27. The molecule has 0 saturated heterocycles. The highest BCUT2D eigenvalue weighted by molar-refractivity contribution is 5.67. The topological polar surface area (TPSA) is 15.6 Å². The van der Waals surface area contributed by atoms with Crippen molar-refractivity contribution in [3.05, 3.63) is 59.7 Å². The first-order valence-corrected chi connectivity index (χ1v) is 6.04. The largest absolute Gasteiger partial charge is 0.285 e. The fraction of sp³-hybridized carbons (Fsp3) is 0.267. The summed E-state index contributed by atoms with van der Waals surface area (Å²) in [4.78, 5) is 0. The van der Waals surface area contributed by atoms with Crippen LogP contribution in [0.1, 0.15) is 11.1 Å². The number of hydrogen-bond acceptors (Lipinski definition) is 2. The lowest BCUT2D eigenvalue weighted by Crippen LogP contribution is -2.30. The van der Waals surface area contributed by atoms with Crippen LogP contribution in [0, 0.1) is 12.8 Å². The Morgan fingerprint density at radius 1 is 1.12 bits per heavy atom. The molecule has 2 nitrogen and oxygen atoms in total. The van der Waals surface area contributed by atoms with Crippen LogP contribution in [0.15, 0.2) is 53.7 Å². The summed E-state index contributed by atoms with van der Waals surface area (Å²) in [7, 11) is 0. The van der Waals surface area contributed by atoms with Crippen LogP contribution in [0.2, 0.25) is 0 Å². The number of hydrogen-bond donors (Lipinski definition) is 0. The number of allylic oxidation sites excluding steroid dienone is 2. The van der Waals surface area contributed by atoms with Crippen LogP contribution in [-0.4, -0.2) is 17.3 Å². The zero-order valence-corrected chi connectivity index (χ0v) is 9.95. The molecule has 0 radical (unpaired) electrons. The van der Waals surface area contributed by atoms with Crippen molar-refractivity contribution in [2.75, 3.05) is 0 Å². The minimum atomic E-state index is 0.404. The van der Waals surface area contributed by atoms with Gasteiger partial charge in [-0.2, -0.15) is 5.10 Å². The number of hydrazone groups is 1. The lowest BCUT2D eigenvalue weighted by atomic mass is 9.97. The summed E-state index contributed by atoms with van der Waals surface area (Å²) in [6.07, 6.45) is 10.7. The van der Waals surface area contributed by atoms with E-state index in [1.807, 2.05) is 6.21 Å². The Morgan fingerprint density at radius 2 is 1.88 bits per heavy atom.